The van der Waals surface area contributed by atoms with Gasteiger partial charge in [-0.3, -0.25) is 0 Å². The van der Waals surface area contributed by atoms with Gasteiger partial charge in [0.15, 0.2) is 5.82 Å². The van der Waals surface area contributed by atoms with Gasteiger partial charge in [0.2, 0.25) is 4.77 Å². The molecule has 0 fully saturated rings. The number of nitrogens with zero attached hydrogens (tertiary/aromatic N) is 3. The van der Waals surface area contributed by atoms with Crippen molar-refractivity contribution in [3.05, 3.63) is 53.3 Å². The minimum absolute atomic E-state index is 0.363. The fourth-order valence-electron chi connectivity index (χ4n) is 1.81. The molecule has 0 bridgehead atoms. The molecule has 3 N–H and O–H groups in total. The van der Waals surface area contributed by atoms with Crippen molar-refractivity contribution >= 4 is 12.2 Å². The molecule has 0 spiro atoms. The highest BCUT2D eigenvalue weighted by Gasteiger charge is 2.09. The average molecular weight is 269 g/mol. The van der Waals surface area contributed by atoms with Gasteiger partial charge in [0.25, 0.3) is 0 Å². The first kappa shape index (κ1) is 11.6. The number of hydrogen-bond acceptors (Lipinski definition) is 4. The Balaban J connectivity index is 2.11. The Morgan fingerprint density at radius 3 is 2.42 bits per heavy atom. The van der Waals surface area contributed by atoms with Crippen LogP contribution >= 0.6 is 12.2 Å². The first-order valence-electron chi connectivity index (χ1n) is 5.71. The van der Waals surface area contributed by atoms with E-state index in [1.807, 2.05) is 48.5 Å². The van der Waals surface area contributed by atoms with Crippen LogP contribution in [0.1, 0.15) is 0 Å². The van der Waals surface area contributed by atoms with Crippen LogP contribution in [0.5, 0.6) is 0 Å². The van der Waals surface area contributed by atoms with Crippen LogP contribution in [0, 0.1) is 4.77 Å². The van der Waals surface area contributed by atoms with E-state index in [1.54, 1.807) is 0 Å². The molecule has 1 aromatic carbocycles. The number of benzene rings is 1. The second-order valence-electron chi connectivity index (χ2n) is 4.00. The minimum atomic E-state index is 0.363. The van der Waals surface area contributed by atoms with Crippen LogP contribution in [-0.2, 0) is 0 Å². The number of nitrogens with one attached hydrogen (secondary N) is 1. The highest BCUT2D eigenvalue weighted by Crippen LogP contribution is 2.20. The monoisotopic (exact) mass is 269 g/mol. The number of hydrogen-bond donors (Lipinski definition) is 2. The van der Waals surface area contributed by atoms with Gasteiger partial charge in [0.05, 0.1) is 5.69 Å². The van der Waals surface area contributed by atoms with E-state index < -0.39 is 0 Å². The Morgan fingerprint density at radius 1 is 1.00 bits per heavy atom. The molecular formula is C13H11N5S. The summed E-state index contributed by atoms with van der Waals surface area (Å²) in [4.78, 5) is 4.56. The summed E-state index contributed by atoms with van der Waals surface area (Å²) in [5, 5.41) is 6.72. The maximum atomic E-state index is 5.80. The molecule has 19 heavy (non-hydrogen) atoms. The maximum absolute atomic E-state index is 5.80. The molecular weight excluding hydrogens is 258 g/mol. The van der Waals surface area contributed by atoms with E-state index in [0.717, 1.165) is 11.3 Å². The SMILES string of the molecule is Nn1c(-c2cccc(-c3ccccc3)n2)n[nH]c1=S. The average Bonchev–Trinajstić information content (AvgIpc) is 2.80. The van der Waals surface area contributed by atoms with Crippen molar-refractivity contribution in [2.45, 2.75) is 0 Å². The molecule has 0 aliphatic carbocycles. The molecule has 0 unspecified atom stereocenters. The summed E-state index contributed by atoms with van der Waals surface area (Å²) < 4.78 is 1.67. The third-order valence-electron chi connectivity index (χ3n) is 2.75. The van der Waals surface area contributed by atoms with E-state index in [0.29, 0.717) is 16.3 Å². The van der Waals surface area contributed by atoms with Crippen molar-refractivity contribution in [2.75, 3.05) is 5.84 Å². The predicted molar refractivity (Wildman–Crippen MR) is 76.2 cm³/mol. The van der Waals surface area contributed by atoms with Gasteiger partial charge in [-0.2, -0.15) is 5.10 Å². The van der Waals surface area contributed by atoms with Crippen molar-refractivity contribution in [2.24, 2.45) is 0 Å². The van der Waals surface area contributed by atoms with E-state index in [-0.39, 0.29) is 0 Å². The number of nitrogens with two attached hydrogens (primary N) is 1. The Kier molecular flexibility index (Phi) is 2.85. The summed E-state index contributed by atoms with van der Waals surface area (Å²) in [6.07, 6.45) is 0. The summed E-state index contributed by atoms with van der Waals surface area (Å²) >= 11 is 4.99. The molecule has 5 nitrogen and oxygen atoms in total. The van der Waals surface area contributed by atoms with E-state index in [2.05, 4.69) is 15.2 Å². The topological polar surface area (TPSA) is 72.5 Å². The third kappa shape index (κ3) is 2.13. The van der Waals surface area contributed by atoms with E-state index in [4.69, 9.17) is 18.1 Å². The van der Waals surface area contributed by atoms with Gasteiger partial charge in [-0.15, -0.1) is 0 Å². The van der Waals surface area contributed by atoms with Crippen molar-refractivity contribution in [1.29, 1.82) is 0 Å². The molecule has 0 atom stereocenters. The lowest BCUT2D eigenvalue weighted by Gasteiger charge is -2.04. The van der Waals surface area contributed by atoms with Crippen LogP contribution in [0.3, 0.4) is 0 Å². The van der Waals surface area contributed by atoms with Crippen LogP contribution in [0.25, 0.3) is 22.8 Å². The standard InChI is InChI=1S/C13H11N5S/c14-18-12(16-17-13(18)19)11-8-4-7-10(15-11)9-5-2-1-3-6-9/h1-8H,14H2,(H,17,19). The Morgan fingerprint density at radius 2 is 1.74 bits per heavy atom. The number of nitrogen functional groups attached to an aromatic ring is 1. The van der Waals surface area contributed by atoms with E-state index >= 15 is 0 Å². The predicted octanol–water partition coefficient (Wildman–Crippen LogP) is 2.38. The lowest BCUT2D eigenvalue weighted by molar-refractivity contribution is 0.978. The van der Waals surface area contributed by atoms with Crippen LogP contribution in [-0.4, -0.2) is 19.9 Å². The van der Waals surface area contributed by atoms with Crippen LogP contribution in [0.2, 0.25) is 0 Å². The quantitative estimate of drug-likeness (QED) is 0.553. The Bertz CT molecular complexity index is 760. The number of aromatic nitrogens is 4. The summed E-state index contributed by atoms with van der Waals surface area (Å²) in [5.74, 6) is 6.32. The summed E-state index contributed by atoms with van der Waals surface area (Å²) in [6.45, 7) is 0. The van der Waals surface area contributed by atoms with Crippen LogP contribution in [0.15, 0.2) is 48.5 Å². The Hall–Kier alpha value is -2.47. The number of aromatic amines is 1. The van der Waals surface area contributed by atoms with Crippen molar-refractivity contribution in [3.63, 3.8) is 0 Å². The lowest BCUT2D eigenvalue weighted by Crippen LogP contribution is -2.10. The third-order valence-corrected chi connectivity index (χ3v) is 3.04. The Labute approximate surface area is 114 Å². The largest absolute Gasteiger partial charge is 0.335 e. The highest BCUT2D eigenvalue weighted by molar-refractivity contribution is 7.71. The van der Waals surface area contributed by atoms with Gasteiger partial charge in [0, 0.05) is 5.56 Å². The van der Waals surface area contributed by atoms with Crippen LogP contribution in [0.4, 0.5) is 0 Å². The zero-order valence-electron chi connectivity index (χ0n) is 9.95. The van der Waals surface area contributed by atoms with Crippen LogP contribution < -0.4 is 5.84 Å². The van der Waals surface area contributed by atoms with E-state index in [9.17, 15) is 0 Å². The van der Waals surface area contributed by atoms with Gasteiger partial charge in [-0.1, -0.05) is 36.4 Å². The van der Waals surface area contributed by atoms with E-state index in [1.165, 1.54) is 4.68 Å². The normalized spacial score (nSPS) is 10.5. The molecule has 94 valence electrons. The van der Waals surface area contributed by atoms with Crippen molar-refractivity contribution in [3.8, 4) is 22.8 Å². The molecule has 0 aliphatic heterocycles. The molecule has 0 saturated heterocycles. The molecule has 6 heteroatoms. The van der Waals surface area contributed by atoms with Gasteiger partial charge >= 0.3 is 0 Å². The lowest BCUT2D eigenvalue weighted by atomic mass is 10.1. The molecule has 0 radical (unpaired) electrons. The summed E-state index contributed by atoms with van der Waals surface area (Å²) in [5.41, 5.74) is 2.59. The van der Waals surface area contributed by atoms with Gasteiger partial charge < -0.3 is 5.84 Å². The summed E-state index contributed by atoms with van der Waals surface area (Å²) in [7, 11) is 0. The second kappa shape index (κ2) is 4.66. The first-order chi connectivity index (χ1) is 9.25. The van der Waals surface area contributed by atoms with Gasteiger partial charge in [-0.05, 0) is 24.4 Å². The minimum Gasteiger partial charge on any atom is -0.335 e. The molecule has 0 aliphatic rings. The molecule has 2 aromatic heterocycles. The highest BCUT2D eigenvalue weighted by atomic mass is 32.1. The smallest absolute Gasteiger partial charge is 0.214 e. The summed E-state index contributed by atoms with van der Waals surface area (Å²) in [6, 6.07) is 15.6. The van der Waals surface area contributed by atoms with Crippen molar-refractivity contribution in [1.82, 2.24) is 19.9 Å². The maximum Gasteiger partial charge on any atom is 0.214 e. The molecule has 2 heterocycles. The zero-order valence-corrected chi connectivity index (χ0v) is 10.8. The molecule has 3 aromatic rings. The molecule has 3 rings (SSSR count). The number of rotatable bonds is 2. The fraction of sp³-hybridized carbons (Fsp3) is 0. The molecule has 0 saturated carbocycles. The zero-order chi connectivity index (χ0) is 13.2. The van der Waals surface area contributed by atoms with Gasteiger partial charge in [0.1, 0.15) is 5.69 Å². The molecule has 0 amide bonds. The first-order valence-corrected chi connectivity index (χ1v) is 6.12. The fourth-order valence-corrected chi connectivity index (χ4v) is 1.95. The van der Waals surface area contributed by atoms with Crippen molar-refractivity contribution < 1.29 is 0 Å². The van der Waals surface area contributed by atoms with Gasteiger partial charge in [-0.25, -0.2) is 14.8 Å². The number of pyridine rings is 1. The number of H-pyrrole nitrogens is 1. The second-order valence-corrected chi connectivity index (χ2v) is 4.38.